The first-order valence-corrected chi connectivity index (χ1v) is 15.3. The van der Waals surface area contributed by atoms with Crippen LogP contribution in [0.25, 0.3) is 11.0 Å². The van der Waals surface area contributed by atoms with Crippen molar-refractivity contribution in [2.24, 2.45) is 0 Å². The fourth-order valence-corrected chi connectivity index (χ4v) is 6.96. The van der Waals surface area contributed by atoms with Gasteiger partial charge in [0.05, 0.1) is 33.1 Å². The number of aromatic amines is 1. The number of H-pyrrole nitrogens is 1. The van der Waals surface area contributed by atoms with Gasteiger partial charge in [-0.05, 0) is 95.4 Å². The molecule has 2 aromatic carbocycles. The third kappa shape index (κ3) is 4.56. The quantitative estimate of drug-likeness (QED) is 0.325. The second-order valence-electron chi connectivity index (χ2n) is 11.1. The second-order valence-corrected chi connectivity index (χ2v) is 13.6. The highest BCUT2D eigenvalue weighted by Crippen LogP contribution is 2.45. The summed E-state index contributed by atoms with van der Waals surface area (Å²) in [5, 5.41) is 10.5. The summed E-state index contributed by atoms with van der Waals surface area (Å²) >= 11 is 0. The minimum absolute atomic E-state index is 0.224. The molecule has 10 nitrogen and oxygen atoms in total. The van der Waals surface area contributed by atoms with Crippen LogP contribution in [0.1, 0.15) is 50.7 Å². The maximum absolute atomic E-state index is 13.1. The van der Waals surface area contributed by atoms with Crippen molar-refractivity contribution in [1.82, 2.24) is 25.1 Å². The van der Waals surface area contributed by atoms with Gasteiger partial charge in [0, 0.05) is 6.54 Å². The number of aryl methyl sites for hydroxylation is 1. The van der Waals surface area contributed by atoms with Crippen LogP contribution < -0.4 is 15.0 Å². The first-order valence-electron chi connectivity index (χ1n) is 13.7. The summed E-state index contributed by atoms with van der Waals surface area (Å²) in [4.78, 5) is 14.2. The SMILES string of the molecule is Cc1cc2c(cc1C1CCCN(C)C1)OC(C)N2c1nc(Nc2ccccc2S(=O)(=O)C(C)C)c2cn[nH]c2n1. The minimum Gasteiger partial charge on any atom is -0.468 e. The molecular formula is C29H35N7O3S. The van der Waals surface area contributed by atoms with Crippen LogP contribution in [-0.2, 0) is 9.84 Å². The third-order valence-corrected chi connectivity index (χ3v) is 10.1. The second kappa shape index (κ2) is 10.0. The van der Waals surface area contributed by atoms with E-state index in [2.05, 4.69) is 46.5 Å². The number of nitrogens with zero attached hydrogens (tertiary/aromatic N) is 5. The molecule has 0 saturated carbocycles. The molecule has 0 spiro atoms. The Labute approximate surface area is 234 Å². The van der Waals surface area contributed by atoms with Gasteiger partial charge in [-0.2, -0.15) is 15.1 Å². The Morgan fingerprint density at radius 3 is 2.75 bits per heavy atom. The van der Waals surface area contributed by atoms with E-state index < -0.39 is 15.1 Å². The summed E-state index contributed by atoms with van der Waals surface area (Å²) in [5.74, 6) is 2.18. The summed E-state index contributed by atoms with van der Waals surface area (Å²) in [7, 11) is -1.35. The molecule has 6 rings (SSSR count). The van der Waals surface area contributed by atoms with E-state index in [9.17, 15) is 8.42 Å². The molecule has 0 bridgehead atoms. The number of likely N-dealkylation sites (tertiary alicyclic amines) is 1. The van der Waals surface area contributed by atoms with E-state index in [0.717, 1.165) is 24.5 Å². The molecule has 40 heavy (non-hydrogen) atoms. The van der Waals surface area contributed by atoms with Gasteiger partial charge in [0.15, 0.2) is 21.7 Å². The summed E-state index contributed by atoms with van der Waals surface area (Å²) in [6, 6.07) is 11.2. The van der Waals surface area contributed by atoms with Crippen molar-refractivity contribution in [2.45, 2.75) is 62.8 Å². The number of para-hydroxylation sites is 1. The Kier molecular flexibility index (Phi) is 6.66. The van der Waals surface area contributed by atoms with Gasteiger partial charge in [-0.1, -0.05) is 12.1 Å². The van der Waals surface area contributed by atoms with Crippen LogP contribution in [0.2, 0.25) is 0 Å². The number of likely N-dealkylation sites (N-methyl/N-ethyl adjacent to an activating group) is 1. The average molecular weight is 562 g/mol. The Morgan fingerprint density at radius 2 is 1.98 bits per heavy atom. The first kappa shape index (κ1) is 26.5. The number of hydrogen-bond donors (Lipinski definition) is 2. The Hall–Kier alpha value is -3.70. The van der Waals surface area contributed by atoms with Crippen molar-refractivity contribution < 1.29 is 13.2 Å². The number of aromatic nitrogens is 4. The molecule has 0 aliphatic carbocycles. The van der Waals surface area contributed by atoms with Gasteiger partial charge in [-0.3, -0.25) is 10.00 Å². The molecule has 2 N–H and O–H groups in total. The number of rotatable bonds is 6. The summed E-state index contributed by atoms with van der Waals surface area (Å²) < 4.78 is 32.5. The van der Waals surface area contributed by atoms with E-state index in [0.29, 0.717) is 34.4 Å². The lowest BCUT2D eigenvalue weighted by molar-refractivity contribution is 0.246. The Bertz CT molecular complexity index is 1680. The van der Waals surface area contributed by atoms with Crippen molar-refractivity contribution in [2.75, 3.05) is 30.4 Å². The van der Waals surface area contributed by atoms with Crippen LogP contribution in [0.15, 0.2) is 47.5 Å². The molecular weight excluding hydrogens is 526 g/mol. The standard InChI is InChI=1S/C29H35N7O3S/c1-17(2)40(37,38)26-11-7-6-10-23(26)31-27-22-15-30-34-28(22)33-29(32-27)36-19(4)39-25-14-21(18(3)13-24(25)36)20-9-8-12-35(5)16-20/h6-7,10-11,13-15,17,19-20H,8-9,12,16H2,1-5H3,(H2,30,31,32,33,34). The summed E-state index contributed by atoms with van der Waals surface area (Å²) in [5.41, 5.74) is 4.44. The highest BCUT2D eigenvalue weighted by atomic mass is 32.2. The number of benzene rings is 2. The number of sulfone groups is 1. The number of fused-ring (bicyclic) bond motifs is 2. The highest BCUT2D eigenvalue weighted by Gasteiger charge is 2.34. The van der Waals surface area contributed by atoms with Crippen LogP contribution in [-0.4, -0.2) is 65.1 Å². The zero-order chi connectivity index (χ0) is 28.2. The van der Waals surface area contributed by atoms with Crippen LogP contribution in [0.4, 0.5) is 23.1 Å². The molecule has 1 saturated heterocycles. The molecule has 2 atom stereocenters. The van der Waals surface area contributed by atoms with E-state index in [1.807, 2.05) is 11.8 Å². The molecule has 0 amide bonds. The lowest BCUT2D eigenvalue weighted by atomic mass is 9.87. The summed E-state index contributed by atoms with van der Waals surface area (Å²) in [6.45, 7) is 9.66. The van der Waals surface area contributed by atoms with Crippen LogP contribution in [0, 0.1) is 6.92 Å². The molecule has 11 heteroatoms. The van der Waals surface area contributed by atoms with E-state index in [-0.39, 0.29) is 11.1 Å². The van der Waals surface area contributed by atoms with Crippen molar-refractivity contribution in [3.8, 4) is 5.75 Å². The van der Waals surface area contributed by atoms with Crippen LogP contribution in [0.3, 0.4) is 0 Å². The van der Waals surface area contributed by atoms with E-state index in [1.165, 1.54) is 24.0 Å². The predicted molar refractivity (Wildman–Crippen MR) is 157 cm³/mol. The van der Waals surface area contributed by atoms with Gasteiger partial charge in [-0.25, -0.2) is 8.42 Å². The van der Waals surface area contributed by atoms with E-state index >= 15 is 0 Å². The zero-order valence-corrected chi connectivity index (χ0v) is 24.3. The average Bonchev–Trinajstić information content (AvgIpc) is 3.51. The Morgan fingerprint density at radius 1 is 1.18 bits per heavy atom. The van der Waals surface area contributed by atoms with Crippen LogP contribution in [0.5, 0.6) is 5.75 Å². The molecule has 2 aliphatic rings. The maximum atomic E-state index is 13.1. The van der Waals surface area contributed by atoms with Gasteiger partial charge in [0.2, 0.25) is 5.95 Å². The number of nitrogens with one attached hydrogen (secondary N) is 2. The van der Waals surface area contributed by atoms with Crippen molar-refractivity contribution in [3.05, 3.63) is 53.7 Å². The van der Waals surface area contributed by atoms with Crippen LogP contribution >= 0.6 is 0 Å². The monoisotopic (exact) mass is 561 g/mol. The largest absolute Gasteiger partial charge is 0.468 e. The molecule has 4 aromatic rings. The normalized spacial score (nSPS) is 19.7. The van der Waals surface area contributed by atoms with Gasteiger partial charge in [0.25, 0.3) is 0 Å². The number of ether oxygens (including phenoxy) is 1. The fraction of sp³-hybridized carbons (Fsp3) is 0.414. The first-order chi connectivity index (χ1) is 19.1. The Balaban J connectivity index is 1.40. The number of piperidine rings is 1. The highest BCUT2D eigenvalue weighted by molar-refractivity contribution is 7.92. The third-order valence-electron chi connectivity index (χ3n) is 7.91. The predicted octanol–water partition coefficient (Wildman–Crippen LogP) is 5.27. The van der Waals surface area contributed by atoms with E-state index in [1.54, 1.807) is 44.3 Å². The van der Waals surface area contributed by atoms with E-state index in [4.69, 9.17) is 14.7 Å². The molecule has 4 heterocycles. The topological polar surface area (TPSA) is 116 Å². The number of hydrogen-bond acceptors (Lipinski definition) is 9. The van der Waals surface area contributed by atoms with Gasteiger partial charge in [-0.15, -0.1) is 0 Å². The zero-order valence-electron chi connectivity index (χ0n) is 23.5. The van der Waals surface area contributed by atoms with Crippen molar-refractivity contribution >= 4 is 44.0 Å². The lowest BCUT2D eigenvalue weighted by Crippen LogP contribution is -2.31. The van der Waals surface area contributed by atoms with Gasteiger partial charge in [0.1, 0.15) is 11.6 Å². The molecule has 2 aliphatic heterocycles. The molecule has 2 aromatic heterocycles. The number of anilines is 4. The molecule has 2 unspecified atom stereocenters. The van der Waals surface area contributed by atoms with Gasteiger partial charge < -0.3 is 15.0 Å². The van der Waals surface area contributed by atoms with Crippen molar-refractivity contribution in [1.29, 1.82) is 0 Å². The molecule has 1 fully saturated rings. The van der Waals surface area contributed by atoms with Gasteiger partial charge >= 0.3 is 0 Å². The minimum atomic E-state index is -3.53. The molecule has 210 valence electrons. The lowest BCUT2D eigenvalue weighted by Gasteiger charge is -2.31. The summed E-state index contributed by atoms with van der Waals surface area (Å²) in [6.07, 6.45) is 3.67. The fourth-order valence-electron chi connectivity index (χ4n) is 5.76. The smallest absolute Gasteiger partial charge is 0.237 e. The maximum Gasteiger partial charge on any atom is 0.237 e. The molecule has 0 radical (unpaired) electrons. The van der Waals surface area contributed by atoms with Crippen molar-refractivity contribution in [3.63, 3.8) is 0 Å².